The van der Waals surface area contributed by atoms with E-state index in [0.29, 0.717) is 28.5 Å². The van der Waals surface area contributed by atoms with Crippen LogP contribution in [0.4, 0.5) is 5.69 Å². The van der Waals surface area contributed by atoms with E-state index in [9.17, 15) is 4.79 Å². The van der Waals surface area contributed by atoms with Gasteiger partial charge in [0.25, 0.3) is 0 Å². The number of benzene rings is 2. The van der Waals surface area contributed by atoms with Gasteiger partial charge in [-0.15, -0.1) is 0 Å². The molecule has 0 unspecified atom stereocenters. The van der Waals surface area contributed by atoms with E-state index in [1.54, 1.807) is 6.20 Å². The SMILES string of the molecule is CC1(C)COc2cc(CN3CCN(C4CC5(C4)CN(c4ccc(C=O)c(Oc6cnc7[nH]ccc7c6)c4)C5)CC3)ccc21. The Kier molecular flexibility index (Phi) is 6.28. The molecule has 1 aliphatic carbocycles. The standard InChI is InChI=1S/C35H39N5O3/c1-34(2)23-42-32-13-24(3-6-30(32)34)19-38-9-11-39(12-10-38)28-16-35(17-28)21-40(22-35)27-5-4-26(20-41)31(15-27)43-29-14-25-7-8-36-33(25)37-18-29/h3-8,13-15,18,20,28H,9-12,16-17,19,21-23H2,1-2H3,(H,36,37). The predicted octanol–water partition coefficient (Wildman–Crippen LogP) is 5.62. The Morgan fingerprint density at radius 3 is 2.70 bits per heavy atom. The van der Waals surface area contributed by atoms with Crippen molar-refractivity contribution in [3.8, 4) is 17.2 Å². The van der Waals surface area contributed by atoms with E-state index in [-0.39, 0.29) is 5.41 Å². The Labute approximate surface area is 252 Å². The van der Waals surface area contributed by atoms with E-state index in [0.717, 1.165) is 81.2 Å². The third kappa shape index (κ3) is 4.86. The van der Waals surface area contributed by atoms with Crippen LogP contribution in [0.25, 0.3) is 11.0 Å². The first-order chi connectivity index (χ1) is 20.9. The summed E-state index contributed by atoms with van der Waals surface area (Å²) >= 11 is 0. The summed E-state index contributed by atoms with van der Waals surface area (Å²) in [5.74, 6) is 2.27. The van der Waals surface area contributed by atoms with Gasteiger partial charge in [-0.1, -0.05) is 26.0 Å². The number of anilines is 1. The minimum absolute atomic E-state index is 0.117. The van der Waals surface area contributed by atoms with Crippen molar-refractivity contribution in [1.29, 1.82) is 0 Å². The largest absolute Gasteiger partial charge is 0.492 e. The van der Waals surface area contributed by atoms with Crippen molar-refractivity contribution < 1.29 is 14.3 Å². The number of aromatic amines is 1. The van der Waals surface area contributed by atoms with E-state index in [2.05, 4.69) is 56.7 Å². The monoisotopic (exact) mass is 577 g/mol. The summed E-state index contributed by atoms with van der Waals surface area (Å²) in [6.07, 6.45) is 6.96. The number of hydrogen-bond donors (Lipinski definition) is 1. The van der Waals surface area contributed by atoms with Crippen molar-refractivity contribution in [3.63, 3.8) is 0 Å². The van der Waals surface area contributed by atoms with Crippen LogP contribution in [0.5, 0.6) is 17.2 Å². The molecule has 3 fully saturated rings. The maximum absolute atomic E-state index is 11.7. The zero-order valence-electron chi connectivity index (χ0n) is 25.0. The number of ether oxygens (including phenoxy) is 2. The second-order valence-corrected chi connectivity index (χ2v) is 13.8. The van der Waals surface area contributed by atoms with Crippen molar-refractivity contribution in [2.24, 2.45) is 5.41 Å². The van der Waals surface area contributed by atoms with Gasteiger partial charge < -0.3 is 19.4 Å². The Morgan fingerprint density at radius 2 is 1.88 bits per heavy atom. The number of carbonyl (C=O) groups is 1. The van der Waals surface area contributed by atoms with Crippen LogP contribution in [-0.2, 0) is 12.0 Å². The van der Waals surface area contributed by atoms with Gasteiger partial charge in [0, 0.05) is 91.6 Å². The summed E-state index contributed by atoms with van der Waals surface area (Å²) in [6, 6.07) is 17.3. The molecule has 1 spiro atoms. The zero-order chi connectivity index (χ0) is 29.2. The van der Waals surface area contributed by atoms with Crippen molar-refractivity contribution >= 4 is 23.0 Å². The highest BCUT2D eigenvalue weighted by Gasteiger charge is 2.54. The van der Waals surface area contributed by atoms with Crippen LogP contribution >= 0.6 is 0 Å². The molecule has 0 amide bonds. The van der Waals surface area contributed by atoms with E-state index in [4.69, 9.17) is 9.47 Å². The molecule has 8 rings (SSSR count). The fraction of sp³-hybridized carbons (Fsp3) is 0.429. The quantitative estimate of drug-likeness (QED) is 0.286. The molecule has 2 aromatic carbocycles. The molecule has 1 saturated carbocycles. The first kappa shape index (κ1) is 26.7. The van der Waals surface area contributed by atoms with Crippen molar-refractivity contribution in [2.75, 3.05) is 50.8 Å². The van der Waals surface area contributed by atoms with Crippen LogP contribution in [0.1, 0.15) is 48.2 Å². The van der Waals surface area contributed by atoms with Crippen LogP contribution < -0.4 is 14.4 Å². The molecule has 0 radical (unpaired) electrons. The molecule has 3 aliphatic heterocycles. The summed E-state index contributed by atoms with van der Waals surface area (Å²) < 4.78 is 12.1. The molecule has 222 valence electrons. The lowest BCUT2D eigenvalue weighted by Crippen LogP contribution is -2.68. The lowest BCUT2D eigenvalue weighted by molar-refractivity contribution is -0.0380. The number of carbonyl (C=O) groups excluding carboxylic acids is 1. The molecule has 8 nitrogen and oxygen atoms in total. The van der Waals surface area contributed by atoms with Crippen LogP contribution in [0.3, 0.4) is 0 Å². The summed E-state index contributed by atoms with van der Waals surface area (Å²) in [4.78, 5) is 27.0. The highest BCUT2D eigenvalue weighted by Crippen LogP contribution is 2.52. The van der Waals surface area contributed by atoms with E-state index < -0.39 is 0 Å². The third-order valence-electron chi connectivity index (χ3n) is 10.2. The van der Waals surface area contributed by atoms with Gasteiger partial charge >= 0.3 is 0 Å². The molecule has 4 aliphatic rings. The predicted molar refractivity (Wildman–Crippen MR) is 167 cm³/mol. The molecule has 0 atom stereocenters. The van der Waals surface area contributed by atoms with Gasteiger partial charge in [-0.25, -0.2) is 4.98 Å². The fourth-order valence-electron chi connectivity index (χ4n) is 7.63. The molecule has 2 aromatic heterocycles. The molecule has 1 N–H and O–H groups in total. The van der Waals surface area contributed by atoms with Gasteiger partial charge in [0.15, 0.2) is 6.29 Å². The van der Waals surface area contributed by atoms with Crippen molar-refractivity contribution in [2.45, 2.75) is 44.7 Å². The fourth-order valence-corrected chi connectivity index (χ4v) is 7.63. The first-order valence-electron chi connectivity index (χ1n) is 15.5. The normalized spacial score (nSPS) is 21.3. The molecular formula is C35H39N5O3. The summed E-state index contributed by atoms with van der Waals surface area (Å²) in [6.45, 7) is 13.0. The maximum atomic E-state index is 11.7. The number of rotatable bonds is 7. The van der Waals surface area contributed by atoms with Crippen molar-refractivity contribution in [1.82, 2.24) is 19.8 Å². The van der Waals surface area contributed by atoms with Gasteiger partial charge in [-0.2, -0.15) is 0 Å². The first-order valence-corrected chi connectivity index (χ1v) is 15.5. The van der Waals surface area contributed by atoms with Crippen LogP contribution in [-0.4, -0.2) is 78.0 Å². The van der Waals surface area contributed by atoms with E-state index in [1.165, 1.54) is 24.0 Å². The van der Waals surface area contributed by atoms with Crippen molar-refractivity contribution in [3.05, 3.63) is 77.6 Å². The molecule has 4 aromatic rings. The number of fused-ring (bicyclic) bond motifs is 2. The average Bonchev–Trinajstić information content (AvgIpc) is 3.55. The number of hydrogen-bond acceptors (Lipinski definition) is 7. The number of aldehydes is 1. The number of nitrogens with one attached hydrogen (secondary N) is 1. The van der Waals surface area contributed by atoms with Crippen LogP contribution in [0, 0.1) is 5.41 Å². The number of nitrogens with zero attached hydrogens (tertiary/aromatic N) is 4. The summed E-state index contributed by atoms with van der Waals surface area (Å²) in [5.41, 5.74) is 5.71. The van der Waals surface area contributed by atoms with E-state index in [1.807, 2.05) is 36.5 Å². The van der Waals surface area contributed by atoms with Gasteiger partial charge in [0.05, 0.1) is 18.4 Å². The van der Waals surface area contributed by atoms with Crippen LogP contribution in [0.15, 0.2) is 60.9 Å². The number of pyridine rings is 1. The minimum atomic E-state index is 0.117. The Balaban J connectivity index is 0.835. The molecule has 8 heteroatoms. The lowest BCUT2D eigenvalue weighted by atomic mass is 9.60. The minimum Gasteiger partial charge on any atom is -0.492 e. The summed E-state index contributed by atoms with van der Waals surface area (Å²) in [5, 5.41) is 0.977. The highest BCUT2D eigenvalue weighted by atomic mass is 16.5. The second-order valence-electron chi connectivity index (χ2n) is 13.8. The zero-order valence-corrected chi connectivity index (χ0v) is 25.0. The Bertz CT molecular complexity index is 1670. The molecule has 43 heavy (non-hydrogen) atoms. The van der Waals surface area contributed by atoms with Gasteiger partial charge in [0.2, 0.25) is 0 Å². The molecule has 5 heterocycles. The van der Waals surface area contributed by atoms with E-state index >= 15 is 0 Å². The Morgan fingerprint density at radius 1 is 1.05 bits per heavy atom. The molecular weight excluding hydrogens is 538 g/mol. The average molecular weight is 578 g/mol. The van der Waals surface area contributed by atoms with Gasteiger partial charge in [0.1, 0.15) is 22.9 Å². The van der Waals surface area contributed by atoms with Gasteiger partial charge in [-0.3, -0.25) is 14.6 Å². The summed E-state index contributed by atoms with van der Waals surface area (Å²) in [7, 11) is 0. The maximum Gasteiger partial charge on any atom is 0.153 e. The lowest BCUT2D eigenvalue weighted by Gasteiger charge is -2.62. The topological polar surface area (TPSA) is 73.9 Å². The molecule has 2 saturated heterocycles. The van der Waals surface area contributed by atoms with Crippen LogP contribution in [0.2, 0.25) is 0 Å². The Hall–Kier alpha value is -3.88. The number of piperazine rings is 1. The number of H-pyrrole nitrogens is 1. The highest BCUT2D eigenvalue weighted by molar-refractivity contribution is 5.82. The smallest absolute Gasteiger partial charge is 0.153 e. The third-order valence-corrected chi connectivity index (χ3v) is 10.2. The van der Waals surface area contributed by atoms with Gasteiger partial charge in [-0.05, 0) is 48.7 Å². The second kappa shape index (κ2) is 10.1. The molecule has 0 bridgehead atoms. The number of aromatic nitrogens is 2.